The average Bonchev–Trinajstić information content (AvgIpc) is 3.22. The molecule has 0 aliphatic heterocycles. The number of halogens is 4. The summed E-state index contributed by atoms with van der Waals surface area (Å²) in [5, 5.41) is 3.49. The van der Waals surface area contributed by atoms with E-state index in [1.165, 1.54) is 6.92 Å². The zero-order valence-corrected chi connectivity index (χ0v) is 23.6. The van der Waals surface area contributed by atoms with Gasteiger partial charge in [-0.1, -0.05) is 54.6 Å². The van der Waals surface area contributed by atoms with Crippen LogP contribution in [0.4, 0.5) is 17.6 Å². The van der Waals surface area contributed by atoms with Crippen molar-refractivity contribution in [3.8, 4) is 11.1 Å². The molecule has 0 bridgehead atoms. The van der Waals surface area contributed by atoms with Gasteiger partial charge in [0.1, 0.15) is 5.82 Å². The average molecular weight is 589 g/mol. The zero-order chi connectivity index (χ0) is 31.3. The molecule has 43 heavy (non-hydrogen) atoms. The summed E-state index contributed by atoms with van der Waals surface area (Å²) >= 11 is 0. The van der Waals surface area contributed by atoms with Gasteiger partial charge in [0, 0.05) is 28.7 Å². The summed E-state index contributed by atoms with van der Waals surface area (Å²) < 4.78 is 56.4. The number of hydrogen-bond donors (Lipinski definition) is 1. The van der Waals surface area contributed by atoms with Crippen LogP contribution < -0.4 is 5.32 Å². The highest BCUT2D eigenvalue weighted by Crippen LogP contribution is 2.35. The maximum atomic E-state index is 13.8. The molecule has 9 heteroatoms. The van der Waals surface area contributed by atoms with Gasteiger partial charge in [-0.15, -0.1) is 0 Å². The Morgan fingerprint density at radius 3 is 2.14 bits per heavy atom. The van der Waals surface area contributed by atoms with E-state index in [0.717, 1.165) is 51.0 Å². The molecule has 1 atom stereocenters. The van der Waals surface area contributed by atoms with Gasteiger partial charge < -0.3 is 9.88 Å². The number of alkyl halides is 3. The van der Waals surface area contributed by atoms with E-state index in [1.54, 1.807) is 12.1 Å². The molecule has 0 saturated heterocycles. The fraction of sp³-hybridized carbons (Fsp3) is 0.176. The van der Waals surface area contributed by atoms with Crippen molar-refractivity contribution >= 4 is 23.0 Å². The van der Waals surface area contributed by atoms with E-state index in [0.29, 0.717) is 18.2 Å². The van der Waals surface area contributed by atoms with Gasteiger partial charge in [-0.3, -0.25) is 4.79 Å². The Labute approximate surface area is 245 Å². The van der Waals surface area contributed by atoms with Crippen molar-refractivity contribution in [1.29, 1.82) is 0 Å². The molecule has 5 nitrogen and oxygen atoms in total. The van der Waals surface area contributed by atoms with Crippen LogP contribution in [-0.2, 0) is 22.3 Å². The Hall–Kier alpha value is -5.01. The number of fused-ring (bicyclic) bond motifs is 1. The molecule has 1 heterocycles. The van der Waals surface area contributed by atoms with Crippen LogP contribution in [0.25, 0.3) is 22.0 Å². The number of nitrogens with zero attached hydrogens (tertiary/aromatic N) is 1. The number of carbonyl (C=O) groups excluding carboxylic acids is 3. The molecule has 0 radical (unpaired) electrons. The topological polar surface area (TPSA) is 68.2 Å². The molecule has 1 aromatic heterocycles. The molecule has 0 saturated carbocycles. The Morgan fingerprint density at radius 2 is 1.51 bits per heavy atom. The van der Waals surface area contributed by atoms with E-state index < -0.39 is 29.5 Å². The predicted octanol–water partition coefficient (Wildman–Crippen LogP) is 8.04. The third-order valence-corrected chi connectivity index (χ3v) is 7.44. The molecule has 0 aliphatic rings. The molecule has 0 fully saturated rings. The first-order chi connectivity index (χ1) is 20.4. The monoisotopic (exact) mass is 588 g/mol. The van der Waals surface area contributed by atoms with Gasteiger partial charge in [0.2, 0.25) is 0 Å². The van der Waals surface area contributed by atoms with Crippen molar-refractivity contribution < 1.29 is 31.9 Å². The number of amides is 1. The van der Waals surface area contributed by atoms with Crippen LogP contribution >= 0.6 is 0 Å². The second kappa shape index (κ2) is 12.9. The molecule has 5 rings (SSSR count). The highest BCUT2D eigenvalue weighted by Gasteiger charge is 2.35. The Bertz CT molecular complexity index is 1790. The zero-order valence-electron chi connectivity index (χ0n) is 23.6. The SMILES string of the molecule is Cc1c(C)n(Cc2ccc(-c3ccccc3)cc2)c2ccc(C(=O)N[C@H](C)c3cc(F)ccc3C(F)(F)F)cc12.O=C=O. The van der Waals surface area contributed by atoms with Crippen molar-refractivity contribution in [2.24, 2.45) is 0 Å². The first kappa shape index (κ1) is 30.9. The minimum absolute atomic E-state index is 0.250. The van der Waals surface area contributed by atoms with Crippen molar-refractivity contribution in [3.05, 3.63) is 130 Å². The van der Waals surface area contributed by atoms with Crippen molar-refractivity contribution in [1.82, 2.24) is 9.88 Å². The van der Waals surface area contributed by atoms with Crippen LogP contribution in [0.3, 0.4) is 0 Å². The molecular weight excluding hydrogens is 560 g/mol. The first-order valence-electron chi connectivity index (χ1n) is 13.3. The summed E-state index contributed by atoms with van der Waals surface area (Å²) in [5.74, 6) is -1.33. The van der Waals surface area contributed by atoms with Gasteiger partial charge in [0.05, 0.1) is 11.6 Å². The van der Waals surface area contributed by atoms with Gasteiger partial charge in [-0.25, -0.2) is 4.39 Å². The summed E-state index contributed by atoms with van der Waals surface area (Å²) in [4.78, 5) is 29.3. The van der Waals surface area contributed by atoms with Crippen LogP contribution in [0.1, 0.15) is 51.3 Å². The highest BCUT2D eigenvalue weighted by atomic mass is 19.4. The van der Waals surface area contributed by atoms with Crippen LogP contribution in [0.15, 0.2) is 91.0 Å². The lowest BCUT2D eigenvalue weighted by molar-refractivity contribution is -0.191. The van der Waals surface area contributed by atoms with Crippen LogP contribution in [-0.4, -0.2) is 16.6 Å². The van der Waals surface area contributed by atoms with Gasteiger partial charge in [0.25, 0.3) is 5.91 Å². The highest BCUT2D eigenvalue weighted by molar-refractivity contribution is 5.99. The van der Waals surface area contributed by atoms with Gasteiger partial charge in [-0.2, -0.15) is 22.8 Å². The largest absolute Gasteiger partial charge is 0.416 e. The number of aromatic nitrogens is 1. The Kier molecular flexibility index (Phi) is 9.27. The number of aryl methyl sites for hydroxylation is 1. The van der Waals surface area contributed by atoms with E-state index in [4.69, 9.17) is 9.59 Å². The Balaban J connectivity index is 0.00000135. The van der Waals surface area contributed by atoms with Crippen molar-refractivity contribution in [3.63, 3.8) is 0 Å². The number of nitrogens with one attached hydrogen (secondary N) is 1. The smallest absolute Gasteiger partial charge is 0.346 e. The quantitative estimate of drug-likeness (QED) is 0.204. The summed E-state index contributed by atoms with van der Waals surface area (Å²) in [7, 11) is 0. The van der Waals surface area contributed by atoms with E-state index in [-0.39, 0.29) is 11.7 Å². The second-order valence-electron chi connectivity index (χ2n) is 10.1. The first-order valence-corrected chi connectivity index (χ1v) is 13.3. The maximum Gasteiger partial charge on any atom is 0.416 e. The maximum absolute atomic E-state index is 13.8. The van der Waals surface area contributed by atoms with Gasteiger partial charge in [0.15, 0.2) is 0 Å². The molecular formula is C34H28F4N2O3. The van der Waals surface area contributed by atoms with E-state index in [1.807, 2.05) is 38.1 Å². The molecule has 1 amide bonds. The molecule has 1 N–H and O–H groups in total. The lowest BCUT2D eigenvalue weighted by Gasteiger charge is -2.20. The molecule has 0 spiro atoms. The van der Waals surface area contributed by atoms with Gasteiger partial charge >= 0.3 is 12.3 Å². The Morgan fingerprint density at radius 1 is 0.884 bits per heavy atom. The van der Waals surface area contributed by atoms with Crippen LogP contribution in [0.2, 0.25) is 0 Å². The van der Waals surface area contributed by atoms with Crippen LogP contribution in [0.5, 0.6) is 0 Å². The number of hydrogen-bond acceptors (Lipinski definition) is 3. The number of rotatable bonds is 6. The molecule has 0 unspecified atom stereocenters. The fourth-order valence-corrected chi connectivity index (χ4v) is 5.12. The lowest BCUT2D eigenvalue weighted by Crippen LogP contribution is -2.28. The van der Waals surface area contributed by atoms with Gasteiger partial charge in [-0.05, 0) is 85.0 Å². The molecule has 4 aromatic carbocycles. The molecule has 220 valence electrons. The minimum Gasteiger partial charge on any atom is -0.346 e. The summed E-state index contributed by atoms with van der Waals surface area (Å²) in [6.07, 6.45) is -4.42. The standard InChI is InChI=1S/C33H28F4N2O.CO2/c1-20-22(3)39(19-23-9-11-25(12-10-23)24-7-5-4-6-8-24)31-16-13-26(17-28(20)31)32(40)38-21(2)29-18-27(34)14-15-30(29)33(35,36)37;2-1-3/h4-18,21H,19H2,1-3H3,(H,38,40);/t21-;/m1./s1. The summed E-state index contributed by atoms with van der Waals surface area (Å²) in [6.45, 7) is 6.07. The summed E-state index contributed by atoms with van der Waals surface area (Å²) in [6, 6.07) is 25.1. The summed E-state index contributed by atoms with van der Waals surface area (Å²) in [5.41, 5.74) is 5.47. The fourth-order valence-electron chi connectivity index (χ4n) is 5.12. The van der Waals surface area contributed by atoms with Crippen LogP contribution in [0, 0.1) is 19.7 Å². The second-order valence-corrected chi connectivity index (χ2v) is 10.1. The van der Waals surface area contributed by atoms with E-state index in [9.17, 15) is 22.4 Å². The lowest BCUT2D eigenvalue weighted by atomic mass is 10.00. The normalized spacial score (nSPS) is 11.8. The van der Waals surface area contributed by atoms with Crippen molar-refractivity contribution in [2.45, 2.75) is 39.5 Å². The third-order valence-electron chi connectivity index (χ3n) is 7.44. The van der Waals surface area contributed by atoms with E-state index >= 15 is 0 Å². The van der Waals surface area contributed by atoms with Crippen molar-refractivity contribution in [2.75, 3.05) is 0 Å². The number of benzene rings is 4. The predicted molar refractivity (Wildman–Crippen MR) is 155 cm³/mol. The van der Waals surface area contributed by atoms with E-state index in [2.05, 4.69) is 46.3 Å². The molecule has 0 aliphatic carbocycles. The minimum atomic E-state index is -4.67. The third kappa shape index (κ3) is 6.90. The number of carbonyl (C=O) groups is 1. The molecule has 5 aromatic rings.